The lowest BCUT2D eigenvalue weighted by molar-refractivity contribution is -0.348. The molecule has 42 heavy (non-hydrogen) atoms. The molecule has 1 unspecified atom stereocenters. The Balaban J connectivity index is 1.67. The van der Waals surface area contributed by atoms with Crippen molar-refractivity contribution in [2.45, 2.75) is 59.4 Å². The number of halogens is 8. The fourth-order valence-electron chi connectivity index (χ4n) is 6.58. The summed E-state index contributed by atoms with van der Waals surface area (Å²) in [5.74, 6) is -2.33. The number of alkyl halides is 7. The Morgan fingerprint density at radius 2 is 1.60 bits per heavy atom. The van der Waals surface area contributed by atoms with Crippen LogP contribution in [0.2, 0.25) is 0 Å². The Hall–Kier alpha value is -3.23. The Kier molecular flexibility index (Phi) is 6.94. The number of amides is 2. The minimum Gasteiger partial charge on any atom is -0.345 e. The zero-order chi connectivity index (χ0) is 31.0. The lowest BCUT2D eigenvalue weighted by atomic mass is 9.76. The van der Waals surface area contributed by atoms with Crippen LogP contribution in [0.4, 0.5) is 35.1 Å². The second kappa shape index (κ2) is 9.64. The van der Waals surface area contributed by atoms with Gasteiger partial charge >= 0.3 is 18.0 Å². The summed E-state index contributed by atoms with van der Waals surface area (Å²) in [7, 11) is -3.08. The van der Waals surface area contributed by atoms with Gasteiger partial charge in [-0.3, -0.25) is 9.59 Å². The Bertz CT molecular complexity index is 1530. The summed E-state index contributed by atoms with van der Waals surface area (Å²) in [6.07, 6.45) is -13.6. The van der Waals surface area contributed by atoms with Crippen molar-refractivity contribution >= 4 is 21.7 Å². The van der Waals surface area contributed by atoms with Crippen molar-refractivity contribution in [3.8, 4) is 0 Å². The zero-order valence-corrected chi connectivity index (χ0v) is 22.7. The molecule has 1 aliphatic carbocycles. The van der Waals surface area contributed by atoms with E-state index in [1.54, 1.807) is 0 Å². The first-order valence-electron chi connectivity index (χ1n) is 12.9. The number of carbonyl (C=O) groups is 2. The van der Waals surface area contributed by atoms with Gasteiger partial charge in [-0.25, -0.2) is 17.2 Å². The van der Waals surface area contributed by atoms with Crippen LogP contribution in [-0.2, 0) is 36.3 Å². The standard InChI is InChI=1S/C27H24F8N2O4S/c1-36-14-16(13-22(36)38)23(39)37-11-10-24(42(40,41)19-6-4-18(28)5-7-19)20-8-3-17(12-15(20)2-9-21(24)37)25(29,26(30,31)32)27(33,34)35/h3-8,12,16,21H,2,9-11,13-14H2,1H3/t16?,21-,24-/m1/s1. The Morgan fingerprint density at radius 1 is 0.976 bits per heavy atom. The van der Waals surface area contributed by atoms with E-state index in [0.29, 0.717) is 6.07 Å². The number of hydrogen-bond acceptors (Lipinski definition) is 4. The molecule has 0 bridgehead atoms. The molecule has 2 amide bonds. The quantitative estimate of drug-likeness (QED) is 0.362. The molecule has 3 aliphatic rings. The molecule has 2 aromatic carbocycles. The van der Waals surface area contributed by atoms with Crippen molar-refractivity contribution in [2.75, 3.05) is 20.1 Å². The van der Waals surface area contributed by atoms with Gasteiger partial charge in [0.25, 0.3) is 0 Å². The monoisotopic (exact) mass is 624 g/mol. The first-order valence-corrected chi connectivity index (χ1v) is 14.4. The Morgan fingerprint density at radius 3 is 2.14 bits per heavy atom. The molecule has 0 saturated carbocycles. The van der Waals surface area contributed by atoms with E-state index in [9.17, 15) is 53.1 Å². The van der Waals surface area contributed by atoms with E-state index in [4.69, 9.17) is 0 Å². The minimum absolute atomic E-state index is 0.0893. The van der Waals surface area contributed by atoms with Crippen molar-refractivity contribution in [3.63, 3.8) is 0 Å². The molecule has 0 spiro atoms. The highest BCUT2D eigenvalue weighted by atomic mass is 32.2. The molecule has 15 heteroatoms. The van der Waals surface area contributed by atoms with Crippen LogP contribution in [0.25, 0.3) is 0 Å². The van der Waals surface area contributed by atoms with Gasteiger partial charge in [-0.15, -0.1) is 0 Å². The first kappa shape index (κ1) is 30.2. The predicted molar refractivity (Wildman–Crippen MR) is 131 cm³/mol. The van der Waals surface area contributed by atoms with E-state index in [1.807, 2.05) is 0 Å². The average molecular weight is 625 g/mol. The summed E-state index contributed by atoms with van der Waals surface area (Å²) in [5.41, 5.74) is -7.86. The second-order valence-corrected chi connectivity index (χ2v) is 13.1. The Labute approximate surface area is 235 Å². The molecular weight excluding hydrogens is 600 g/mol. The first-order chi connectivity index (χ1) is 19.4. The third-order valence-electron chi connectivity index (χ3n) is 8.64. The van der Waals surface area contributed by atoms with Gasteiger partial charge in [0.15, 0.2) is 9.84 Å². The van der Waals surface area contributed by atoms with Crippen molar-refractivity contribution in [1.29, 1.82) is 0 Å². The van der Waals surface area contributed by atoms with Gasteiger partial charge in [-0.2, -0.15) is 26.3 Å². The summed E-state index contributed by atoms with van der Waals surface area (Å²) in [5, 5.41) is 0. The third-order valence-corrected chi connectivity index (χ3v) is 11.2. The van der Waals surface area contributed by atoms with E-state index in [-0.39, 0.29) is 66.8 Å². The van der Waals surface area contributed by atoms with Crippen LogP contribution in [0.15, 0.2) is 47.4 Å². The maximum atomic E-state index is 14.9. The fraction of sp³-hybridized carbons (Fsp3) is 0.481. The van der Waals surface area contributed by atoms with E-state index >= 15 is 0 Å². The lowest BCUT2D eigenvalue weighted by Crippen LogP contribution is -2.53. The topological polar surface area (TPSA) is 74.8 Å². The number of carbonyl (C=O) groups excluding carboxylic acids is 2. The number of nitrogens with zero attached hydrogens (tertiary/aromatic N) is 2. The van der Waals surface area contributed by atoms with Gasteiger partial charge < -0.3 is 9.80 Å². The number of sulfone groups is 1. The molecule has 0 aromatic heterocycles. The molecule has 5 rings (SSSR count). The molecule has 2 aromatic rings. The van der Waals surface area contributed by atoms with Crippen molar-refractivity contribution in [2.24, 2.45) is 5.92 Å². The second-order valence-electron chi connectivity index (χ2n) is 10.9. The van der Waals surface area contributed by atoms with Crippen LogP contribution < -0.4 is 0 Å². The number of aryl methyl sites for hydroxylation is 1. The molecule has 0 radical (unpaired) electrons. The normalized spacial score (nSPS) is 25.0. The van der Waals surface area contributed by atoms with Crippen LogP contribution in [0, 0.1) is 11.7 Å². The number of hydrogen-bond donors (Lipinski definition) is 0. The molecule has 2 fully saturated rings. The minimum atomic E-state index is -6.36. The maximum Gasteiger partial charge on any atom is 0.435 e. The molecule has 2 heterocycles. The van der Waals surface area contributed by atoms with Crippen LogP contribution >= 0.6 is 0 Å². The number of likely N-dealkylation sites (tertiary alicyclic amines) is 2. The SMILES string of the molecule is CN1CC(C(=O)N2CC[C@@]3(S(=O)(=O)c4ccc(F)cc4)c4ccc(C(F)(C(F)(F)F)C(F)(F)F)cc4CC[C@@H]23)CC1=O. The number of rotatable bonds is 4. The number of fused-ring (bicyclic) bond motifs is 3. The summed E-state index contributed by atoms with van der Waals surface area (Å²) in [6.45, 7) is -0.0519. The number of benzene rings is 2. The van der Waals surface area contributed by atoms with Crippen molar-refractivity contribution < 1.29 is 53.1 Å². The maximum absolute atomic E-state index is 14.9. The van der Waals surface area contributed by atoms with Crippen LogP contribution in [0.3, 0.4) is 0 Å². The molecule has 6 nitrogen and oxygen atoms in total. The van der Waals surface area contributed by atoms with Gasteiger partial charge in [0, 0.05) is 32.1 Å². The van der Waals surface area contributed by atoms with Crippen LogP contribution in [0.5, 0.6) is 0 Å². The largest absolute Gasteiger partial charge is 0.435 e. The molecule has 3 atom stereocenters. The van der Waals surface area contributed by atoms with E-state index in [2.05, 4.69) is 0 Å². The fourth-order valence-corrected chi connectivity index (χ4v) is 8.95. The van der Waals surface area contributed by atoms with E-state index in [1.165, 1.54) is 16.8 Å². The van der Waals surface area contributed by atoms with Gasteiger partial charge in [0.05, 0.1) is 16.9 Å². The predicted octanol–water partition coefficient (Wildman–Crippen LogP) is 4.81. The zero-order valence-electron chi connectivity index (χ0n) is 21.9. The summed E-state index contributed by atoms with van der Waals surface area (Å²) >= 11 is 0. The highest BCUT2D eigenvalue weighted by Gasteiger charge is 2.74. The van der Waals surface area contributed by atoms with Gasteiger partial charge in [0.2, 0.25) is 11.8 Å². The highest BCUT2D eigenvalue weighted by Crippen LogP contribution is 2.57. The lowest BCUT2D eigenvalue weighted by Gasteiger charge is -2.43. The van der Waals surface area contributed by atoms with Crippen LogP contribution in [-0.4, -0.2) is 68.6 Å². The van der Waals surface area contributed by atoms with E-state index in [0.717, 1.165) is 30.3 Å². The van der Waals surface area contributed by atoms with Crippen molar-refractivity contribution in [1.82, 2.24) is 9.80 Å². The van der Waals surface area contributed by atoms with Gasteiger partial charge in [-0.1, -0.05) is 18.2 Å². The summed E-state index contributed by atoms with van der Waals surface area (Å²) in [4.78, 5) is 27.9. The molecule has 228 valence electrons. The summed E-state index contributed by atoms with van der Waals surface area (Å²) < 4.78 is 136. The molecular formula is C27H24F8N2O4S. The van der Waals surface area contributed by atoms with Gasteiger partial charge in [0.1, 0.15) is 10.6 Å². The average Bonchev–Trinajstić information content (AvgIpc) is 3.47. The smallest absolute Gasteiger partial charge is 0.345 e. The molecule has 2 aliphatic heterocycles. The van der Waals surface area contributed by atoms with Gasteiger partial charge in [-0.05, 0) is 54.7 Å². The highest BCUT2D eigenvalue weighted by molar-refractivity contribution is 7.92. The molecule has 0 N–H and O–H groups in total. The molecule has 2 saturated heterocycles. The summed E-state index contributed by atoms with van der Waals surface area (Å²) in [6, 6.07) is 4.04. The van der Waals surface area contributed by atoms with E-state index < -0.39 is 61.9 Å². The third kappa shape index (κ3) is 4.21. The van der Waals surface area contributed by atoms with Crippen molar-refractivity contribution in [3.05, 3.63) is 65.0 Å². The van der Waals surface area contributed by atoms with Crippen LogP contribution in [0.1, 0.15) is 36.0 Å².